The lowest BCUT2D eigenvalue weighted by atomic mass is 9.86. The van der Waals surface area contributed by atoms with E-state index < -0.39 is 0 Å². The fourth-order valence-electron chi connectivity index (χ4n) is 3.61. The van der Waals surface area contributed by atoms with E-state index in [2.05, 4.69) is 9.80 Å². The number of para-hydroxylation sites is 1. The van der Waals surface area contributed by atoms with Gasteiger partial charge in [0.2, 0.25) is 0 Å². The van der Waals surface area contributed by atoms with Crippen molar-refractivity contribution in [2.45, 2.75) is 31.8 Å². The summed E-state index contributed by atoms with van der Waals surface area (Å²) >= 11 is 0. The summed E-state index contributed by atoms with van der Waals surface area (Å²) in [5.41, 5.74) is 0.717. The summed E-state index contributed by atoms with van der Waals surface area (Å²) in [5.74, 6) is 0.299. The molecular formula is C17H25FN2O. The first-order valence-electron chi connectivity index (χ1n) is 8.14. The summed E-state index contributed by atoms with van der Waals surface area (Å²) in [5, 5.41) is 10.1. The second-order valence-electron chi connectivity index (χ2n) is 6.35. The molecule has 0 aromatic heterocycles. The third-order valence-corrected chi connectivity index (χ3v) is 4.93. The second kappa shape index (κ2) is 6.75. The first-order chi connectivity index (χ1) is 10.2. The largest absolute Gasteiger partial charge is 0.393 e. The second-order valence-corrected chi connectivity index (χ2v) is 6.35. The summed E-state index contributed by atoms with van der Waals surface area (Å²) < 4.78 is 13.8. The van der Waals surface area contributed by atoms with Crippen molar-refractivity contribution >= 4 is 5.69 Å². The Morgan fingerprint density at radius 2 is 1.76 bits per heavy atom. The van der Waals surface area contributed by atoms with Crippen LogP contribution in [0.5, 0.6) is 0 Å². The molecule has 0 spiro atoms. The van der Waals surface area contributed by atoms with Crippen LogP contribution in [0.4, 0.5) is 10.1 Å². The van der Waals surface area contributed by atoms with Gasteiger partial charge in [-0.3, -0.25) is 4.90 Å². The highest BCUT2D eigenvalue weighted by molar-refractivity contribution is 5.47. The van der Waals surface area contributed by atoms with Crippen LogP contribution in [-0.2, 0) is 0 Å². The maximum absolute atomic E-state index is 13.8. The SMILES string of the molecule is OC1CCCCC1CN1CCN(c2ccccc2F)CC1. The Morgan fingerprint density at radius 3 is 2.48 bits per heavy atom. The van der Waals surface area contributed by atoms with Crippen LogP contribution < -0.4 is 4.90 Å². The van der Waals surface area contributed by atoms with Gasteiger partial charge in [-0.05, 0) is 30.9 Å². The molecule has 116 valence electrons. The van der Waals surface area contributed by atoms with Crippen molar-refractivity contribution in [3.05, 3.63) is 30.1 Å². The molecule has 0 radical (unpaired) electrons. The van der Waals surface area contributed by atoms with E-state index in [4.69, 9.17) is 0 Å². The number of aliphatic hydroxyl groups excluding tert-OH is 1. The molecule has 1 aromatic rings. The Balaban J connectivity index is 1.52. The maximum atomic E-state index is 13.8. The molecule has 2 aliphatic rings. The van der Waals surface area contributed by atoms with E-state index in [9.17, 15) is 9.50 Å². The van der Waals surface area contributed by atoms with Gasteiger partial charge in [-0.25, -0.2) is 4.39 Å². The minimum Gasteiger partial charge on any atom is -0.393 e. The maximum Gasteiger partial charge on any atom is 0.146 e. The van der Waals surface area contributed by atoms with E-state index >= 15 is 0 Å². The molecule has 1 aliphatic carbocycles. The Bertz CT molecular complexity index is 460. The average Bonchev–Trinajstić information content (AvgIpc) is 2.51. The zero-order valence-corrected chi connectivity index (χ0v) is 12.5. The predicted octanol–water partition coefficient (Wildman–Crippen LogP) is 2.50. The van der Waals surface area contributed by atoms with Gasteiger partial charge < -0.3 is 10.0 Å². The molecular weight excluding hydrogens is 267 g/mol. The number of benzene rings is 1. The molecule has 1 aromatic carbocycles. The third-order valence-electron chi connectivity index (χ3n) is 4.93. The van der Waals surface area contributed by atoms with Crippen LogP contribution in [0, 0.1) is 11.7 Å². The molecule has 1 N–H and O–H groups in total. The molecule has 2 fully saturated rings. The Hall–Kier alpha value is -1.13. The highest BCUT2D eigenvalue weighted by atomic mass is 19.1. The number of hydrogen-bond acceptors (Lipinski definition) is 3. The topological polar surface area (TPSA) is 26.7 Å². The fourth-order valence-corrected chi connectivity index (χ4v) is 3.61. The van der Waals surface area contributed by atoms with Gasteiger partial charge in [0.25, 0.3) is 0 Å². The van der Waals surface area contributed by atoms with Crippen LogP contribution in [0.15, 0.2) is 24.3 Å². The Morgan fingerprint density at radius 1 is 1.05 bits per heavy atom. The molecule has 3 nitrogen and oxygen atoms in total. The molecule has 0 amide bonds. The number of nitrogens with zero attached hydrogens (tertiary/aromatic N) is 2. The summed E-state index contributed by atoms with van der Waals surface area (Å²) in [6.07, 6.45) is 4.40. The van der Waals surface area contributed by atoms with E-state index in [0.717, 1.165) is 51.3 Å². The van der Waals surface area contributed by atoms with Gasteiger partial charge in [-0.2, -0.15) is 0 Å². The molecule has 4 heteroatoms. The monoisotopic (exact) mass is 292 g/mol. The zero-order chi connectivity index (χ0) is 14.7. The molecule has 1 aliphatic heterocycles. The van der Waals surface area contributed by atoms with Crippen molar-refractivity contribution in [1.29, 1.82) is 0 Å². The number of halogens is 1. The first kappa shape index (κ1) is 14.8. The van der Waals surface area contributed by atoms with Crippen molar-refractivity contribution in [3.8, 4) is 0 Å². The molecule has 2 unspecified atom stereocenters. The molecule has 1 heterocycles. The smallest absolute Gasteiger partial charge is 0.146 e. The van der Waals surface area contributed by atoms with Crippen LogP contribution in [0.2, 0.25) is 0 Å². The van der Waals surface area contributed by atoms with Gasteiger partial charge in [0.1, 0.15) is 5.82 Å². The third kappa shape index (κ3) is 3.55. The van der Waals surface area contributed by atoms with Gasteiger partial charge in [0, 0.05) is 32.7 Å². The van der Waals surface area contributed by atoms with Crippen molar-refractivity contribution in [2.75, 3.05) is 37.6 Å². The minimum atomic E-state index is -0.131. The molecule has 1 saturated carbocycles. The standard InChI is InChI=1S/C17H25FN2O/c18-15-6-2-3-7-16(15)20-11-9-19(10-12-20)13-14-5-1-4-8-17(14)21/h2-3,6-7,14,17,21H,1,4-5,8-13H2. The average molecular weight is 292 g/mol. The van der Waals surface area contributed by atoms with Crippen LogP contribution in [0.1, 0.15) is 25.7 Å². The van der Waals surface area contributed by atoms with Gasteiger partial charge >= 0.3 is 0 Å². The molecule has 1 saturated heterocycles. The van der Waals surface area contributed by atoms with Crippen molar-refractivity contribution < 1.29 is 9.50 Å². The Kier molecular flexibility index (Phi) is 4.76. The lowest BCUT2D eigenvalue weighted by molar-refractivity contribution is 0.0453. The summed E-state index contributed by atoms with van der Waals surface area (Å²) in [6, 6.07) is 7.01. The number of hydrogen-bond donors (Lipinski definition) is 1. The van der Waals surface area contributed by atoms with Gasteiger partial charge in [0.15, 0.2) is 0 Å². The van der Waals surface area contributed by atoms with E-state index in [-0.39, 0.29) is 11.9 Å². The van der Waals surface area contributed by atoms with Gasteiger partial charge in [-0.15, -0.1) is 0 Å². The van der Waals surface area contributed by atoms with Crippen molar-refractivity contribution in [2.24, 2.45) is 5.92 Å². The number of rotatable bonds is 3. The highest BCUT2D eigenvalue weighted by Gasteiger charge is 2.27. The molecule has 0 bridgehead atoms. The molecule has 2 atom stereocenters. The molecule has 3 rings (SSSR count). The number of anilines is 1. The first-order valence-corrected chi connectivity index (χ1v) is 8.14. The van der Waals surface area contributed by atoms with Crippen LogP contribution in [-0.4, -0.2) is 48.8 Å². The summed E-state index contributed by atoms with van der Waals surface area (Å²) in [7, 11) is 0. The predicted molar refractivity (Wildman–Crippen MR) is 83.0 cm³/mol. The fraction of sp³-hybridized carbons (Fsp3) is 0.647. The van der Waals surface area contributed by atoms with Crippen molar-refractivity contribution in [1.82, 2.24) is 4.90 Å². The Labute approximate surface area is 126 Å². The number of piperazine rings is 1. The normalized spacial score (nSPS) is 27.8. The van der Waals surface area contributed by atoms with Crippen molar-refractivity contribution in [3.63, 3.8) is 0 Å². The van der Waals surface area contributed by atoms with Crippen LogP contribution in [0.25, 0.3) is 0 Å². The van der Waals surface area contributed by atoms with E-state index in [1.165, 1.54) is 18.9 Å². The quantitative estimate of drug-likeness (QED) is 0.927. The van der Waals surface area contributed by atoms with E-state index in [1.54, 1.807) is 6.07 Å². The highest BCUT2D eigenvalue weighted by Crippen LogP contribution is 2.26. The van der Waals surface area contributed by atoms with E-state index in [0.29, 0.717) is 5.92 Å². The molecule has 21 heavy (non-hydrogen) atoms. The van der Waals surface area contributed by atoms with Crippen LogP contribution >= 0.6 is 0 Å². The lowest BCUT2D eigenvalue weighted by Crippen LogP contribution is -2.49. The van der Waals surface area contributed by atoms with Crippen LogP contribution in [0.3, 0.4) is 0 Å². The summed E-state index contributed by atoms with van der Waals surface area (Å²) in [4.78, 5) is 4.56. The van der Waals surface area contributed by atoms with E-state index in [1.807, 2.05) is 12.1 Å². The van der Waals surface area contributed by atoms with Gasteiger partial charge in [-0.1, -0.05) is 25.0 Å². The summed E-state index contributed by atoms with van der Waals surface area (Å²) in [6.45, 7) is 4.63. The lowest BCUT2D eigenvalue weighted by Gasteiger charge is -2.39. The number of aliphatic hydroxyl groups is 1. The zero-order valence-electron chi connectivity index (χ0n) is 12.5. The van der Waals surface area contributed by atoms with Gasteiger partial charge in [0.05, 0.1) is 11.8 Å². The minimum absolute atomic E-state index is 0.122.